The van der Waals surface area contributed by atoms with Crippen LogP contribution in [0.4, 0.5) is 0 Å². The molecule has 0 atom stereocenters. The number of rotatable bonds is 2. The van der Waals surface area contributed by atoms with Gasteiger partial charge in [-0.2, -0.15) is 10.2 Å². The second-order valence-corrected chi connectivity index (χ2v) is 7.29. The van der Waals surface area contributed by atoms with Crippen molar-refractivity contribution in [3.05, 3.63) is 65.6 Å². The molecule has 0 bridgehead atoms. The van der Waals surface area contributed by atoms with E-state index < -0.39 is 0 Å². The number of imidazole rings is 1. The topological polar surface area (TPSA) is 54.5 Å². The maximum Gasteiger partial charge on any atom is 0.0931 e. The highest BCUT2D eigenvalue weighted by Gasteiger charge is 2.14. The van der Waals surface area contributed by atoms with Crippen LogP contribution in [-0.2, 0) is 11.8 Å². The first-order valence-corrected chi connectivity index (χ1v) is 8.18. The van der Waals surface area contributed by atoms with Gasteiger partial charge in [-0.25, -0.2) is 4.98 Å². The van der Waals surface area contributed by atoms with Crippen molar-refractivity contribution in [1.29, 1.82) is 0 Å². The SMILES string of the molecule is CC(C)(C)c1ccc2nnc(Cc3ccc4nc[nH]c4c3)cc2c1. The quantitative estimate of drug-likeness (QED) is 0.596. The van der Waals surface area contributed by atoms with Gasteiger partial charge in [0.1, 0.15) is 0 Å². The van der Waals surface area contributed by atoms with Crippen LogP contribution in [0.1, 0.15) is 37.6 Å². The Labute approximate surface area is 141 Å². The summed E-state index contributed by atoms with van der Waals surface area (Å²) < 4.78 is 0. The molecule has 4 rings (SSSR count). The minimum Gasteiger partial charge on any atom is -0.345 e. The zero-order valence-electron chi connectivity index (χ0n) is 14.2. The lowest BCUT2D eigenvalue weighted by atomic mass is 9.86. The average Bonchev–Trinajstić information content (AvgIpc) is 3.01. The molecule has 2 heterocycles. The van der Waals surface area contributed by atoms with Crippen molar-refractivity contribution >= 4 is 21.9 Å². The zero-order chi connectivity index (χ0) is 16.7. The van der Waals surface area contributed by atoms with Gasteiger partial charge in [-0.1, -0.05) is 32.9 Å². The van der Waals surface area contributed by atoms with E-state index in [9.17, 15) is 0 Å². The fourth-order valence-electron chi connectivity index (χ4n) is 2.94. The Hall–Kier alpha value is -2.75. The first-order chi connectivity index (χ1) is 11.5. The number of hydrogen-bond donors (Lipinski definition) is 1. The Balaban J connectivity index is 1.70. The molecule has 2 aromatic heterocycles. The van der Waals surface area contributed by atoms with Gasteiger partial charge in [0.25, 0.3) is 0 Å². The highest BCUT2D eigenvalue weighted by Crippen LogP contribution is 2.25. The summed E-state index contributed by atoms with van der Waals surface area (Å²) in [7, 11) is 0. The van der Waals surface area contributed by atoms with Gasteiger partial charge in [-0.15, -0.1) is 0 Å². The van der Waals surface area contributed by atoms with Gasteiger partial charge in [-0.3, -0.25) is 0 Å². The Morgan fingerprint density at radius 2 is 1.75 bits per heavy atom. The molecular weight excluding hydrogens is 296 g/mol. The zero-order valence-corrected chi connectivity index (χ0v) is 14.2. The van der Waals surface area contributed by atoms with Gasteiger partial charge < -0.3 is 4.98 Å². The van der Waals surface area contributed by atoms with E-state index in [2.05, 4.69) is 77.3 Å². The lowest BCUT2D eigenvalue weighted by molar-refractivity contribution is 0.591. The maximum atomic E-state index is 4.39. The first kappa shape index (κ1) is 14.8. The van der Waals surface area contributed by atoms with Crippen LogP contribution in [-0.4, -0.2) is 20.2 Å². The normalized spacial score (nSPS) is 12.1. The molecule has 0 unspecified atom stereocenters. The predicted octanol–water partition coefficient (Wildman–Crippen LogP) is 4.39. The summed E-state index contributed by atoms with van der Waals surface area (Å²) in [6.45, 7) is 6.68. The van der Waals surface area contributed by atoms with Crippen LogP contribution in [0.3, 0.4) is 0 Å². The summed E-state index contributed by atoms with van der Waals surface area (Å²) in [6.07, 6.45) is 2.48. The van der Waals surface area contributed by atoms with E-state index in [4.69, 9.17) is 0 Å². The van der Waals surface area contributed by atoms with Crippen LogP contribution in [0, 0.1) is 0 Å². The molecule has 1 N–H and O–H groups in total. The fourth-order valence-corrected chi connectivity index (χ4v) is 2.94. The van der Waals surface area contributed by atoms with Crippen molar-refractivity contribution in [2.24, 2.45) is 0 Å². The minimum atomic E-state index is 0.128. The molecule has 0 aliphatic rings. The number of H-pyrrole nitrogens is 1. The molecule has 120 valence electrons. The Morgan fingerprint density at radius 1 is 0.917 bits per heavy atom. The molecule has 24 heavy (non-hydrogen) atoms. The molecule has 4 nitrogen and oxygen atoms in total. The third kappa shape index (κ3) is 2.75. The fraction of sp³-hybridized carbons (Fsp3) is 0.250. The van der Waals surface area contributed by atoms with Crippen molar-refractivity contribution in [2.75, 3.05) is 0 Å². The lowest BCUT2D eigenvalue weighted by Gasteiger charge is -2.19. The summed E-state index contributed by atoms with van der Waals surface area (Å²) in [4.78, 5) is 7.41. The standard InChI is InChI=1S/C20H20N4/c1-20(2,3)15-5-7-17-14(10-15)11-16(23-24-17)8-13-4-6-18-19(9-13)22-12-21-18/h4-7,9-12H,8H2,1-3H3,(H,21,22). The van der Waals surface area contributed by atoms with E-state index >= 15 is 0 Å². The minimum absolute atomic E-state index is 0.128. The van der Waals surface area contributed by atoms with Gasteiger partial charge in [0.05, 0.1) is 28.6 Å². The summed E-state index contributed by atoms with van der Waals surface area (Å²) in [5, 5.41) is 9.92. The van der Waals surface area contributed by atoms with E-state index in [0.717, 1.165) is 34.1 Å². The van der Waals surface area contributed by atoms with Crippen LogP contribution in [0.15, 0.2) is 48.8 Å². The molecule has 0 aliphatic carbocycles. The number of benzene rings is 2. The number of hydrogen-bond acceptors (Lipinski definition) is 3. The molecule has 0 aliphatic heterocycles. The Bertz CT molecular complexity index is 1020. The number of aromatic amines is 1. The second-order valence-electron chi connectivity index (χ2n) is 7.29. The Kier molecular flexibility index (Phi) is 3.34. The lowest BCUT2D eigenvalue weighted by Crippen LogP contribution is -2.10. The van der Waals surface area contributed by atoms with Gasteiger partial charge in [0, 0.05) is 11.8 Å². The van der Waals surface area contributed by atoms with E-state index in [1.807, 2.05) is 6.07 Å². The van der Waals surface area contributed by atoms with Crippen LogP contribution >= 0.6 is 0 Å². The molecule has 4 heteroatoms. The van der Waals surface area contributed by atoms with E-state index in [-0.39, 0.29) is 5.41 Å². The highest BCUT2D eigenvalue weighted by molar-refractivity contribution is 5.79. The van der Waals surface area contributed by atoms with E-state index in [1.165, 1.54) is 11.1 Å². The number of fused-ring (bicyclic) bond motifs is 2. The smallest absolute Gasteiger partial charge is 0.0931 e. The van der Waals surface area contributed by atoms with E-state index in [0.29, 0.717) is 0 Å². The molecule has 0 radical (unpaired) electrons. The molecule has 2 aromatic carbocycles. The van der Waals surface area contributed by atoms with Gasteiger partial charge in [-0.05, 0) is 46.9 Å². The summed E-state index contributed by atoms with van der Waals surface area (Å²) >= 11 is 0. The van der Waals surface area contributed by atoms with Gasteiger partial charge in [0.2, 0.25) is 0 Å². The van der Waals surface area contributed by atoms with Crippen molar-refractivity contribution in [1.82, 2.24) is 20.2 Å². The molecule has 0 fully saturated rings. The largest absolute Gasteiger partial charge is 0.345 e. The number of aromatic nitrogens is 4. The average molecular weight is 316 g/mol. The Morgan fingerprint density at radius 3 is 2.58 bits per heavy atom. The molecular formula is C20H20N4. The van der Waals surface area contributed by atoms with Crippen molar-refractivity contribution in [2.45, 2.75) is 32.6 Å². The monoisotopic (exact) mass is 316 g/mol. The van der Waals surface area contributed by atoms with Crippen LogP contribution < -0.4 is 0 Å². The molecule has 0 spiro atoms. The predicted molar refractivity (Wildman–Crippen MR) is 97.1 cm³/mol. The first-order valence-electron chi connectivity index (χ1n) is 8.18. The second kappa shape index (κ2) is 5.41. The summed E-state index contributed by atoms with van der Waals surface area (Å²) in [6, 6.07) is 14.8. The van der Waals surface area contributed by atoms with Crippen LogP contribution in [0.2, 0.25) is 0 Å². The maximum absolute atomic E-state index is 4.39. The van der Waals surface area contributed by atoms with Gasteiger partial charge in [0.15, 0.2) is 0 Å². The third-order valence-electron chi connectivity index (χ3n) is 4.37. The molecule has 0 saturated heterocycles. The molecule has 4 aromatic rings. The van der Waals surface area contributed by atoms with Gasteiger partial charge >= 0.3 is 0 Å². The highest BCUT2D eigenvalue weighted by atomic mass is 15.1. The van der Waals surface area contributed by atoms with Crippen molar-refractivity contribution in [3.63, 3.8) is 0 Å². The van der Waals surface area contributed by atoms with Crippen molar-refractivity contribution < 1.29 is 0 Å². The molecule has 0 saturated carbocycles. The summed E-state index contributed by atoms with van der Waals surface area (Å²) in [5.41, 5.74) is 6.60. The third-order valence-corrected chi connectivity index (χ3v) is 4.37. The molecule has 0 amide bonds. The summed E-state index contributed by atoms with van der Waals surface area (Å²) in [5.74, 6) is 0. The number of nitrogens with zero attached hydrogens (tertiary/aromatic N) is 3. The van der Waals surface area contributed by atoms with Crippen LogP contribution in [0.25, 0.3) is 21.9 Å². The van der Waals surface area contributed by atoms with Crippen molar-refractivity contribution in [3.8, 4) is 0 Å². The number of nitrogens with one attached hydrogen (secondary N) is 1. The van der Waals surface area contributed by atoms with Crippen LogP contribution in [0.5, 0.6) is 0 Å². The van der Waals surface area contributed by atoms with E-state index in [1.54, 1.807) is 6.33 Å².